The van der Waals surface area contributed by atoms with Gasteiger partial charge in [0, 0.05) is 11.8 Å². The van der Waals surface area contributed by atoms with E-state index in [2.05, 4.69) is 45.7 Å². The predicted molar refractivity (Wildman–Crippen MR) is 89.6 cm³/mol. The summed E-state index contributed by atoms with van der Waals surface area (Å²) < 4.78 is 0.810. The van der Waals surface area contributed by atoms with Gasteiger partial charge in [0.2, 0.25) is 0 Å². The minimum atomic E-state index is 0.233. The maximum Gasteiger partial charge on any atom is 0.158 e. The molecule has 1 heterocycles. The molecule has 1 aromatic carbocycles. The Morgan fingerprint density at radius 2 is 2.19 bits per heavy atom. The molecule has 1 aliphatic rings. The van der Waals surface area contributed by atoms with Gasteiger partial charge >= 0.3 is 0 Å². The minimum Gasteiger partial charge on any atom is -0.295 e. The van der Waals surface area contributed by atoms with E-state index in [4.69, 9.17) is 11.6 Å². The molecule has 21 heavy (non-hydrogen) atoms. The van der Waals surface area contributed by atoms with Crippen LogP contribution in [0.25, 0.3) is 10.9 Å². The lowest BCUT2D eigenvalue weighted by Crippen LogP contribution is -2.01. The highest BCUT2D eigenvalue weighted by molar-refractivity contribution is 9.10. The Hall–Kier alpha value is -1.19. The van der Waals surface area contributed by atoms with Crippen LogP contribution in [0.5, 0.6) is 0 Å². The summed E-state index contributed by atoms with van der Waals surface area (Å²) in [6.07, 6.45) is 3.51. The standard InChI is InChI=1S/C17H15BrClNO/c1-10-12(6-7-16(10)21)4-2-11-3-5-13-9-14(18)17(19)20-15(13)8-11/h3,5,8-9,12H,1-2,4,6-7H2. The Bertz CT molecular complexity index is 741. The summed E-state index contributed by atoms with van der Waals surface area (Å²) in [7, 11) is 0. The summed E-state index contributed by atoms with van der Waals surface area (Å²) in [5.74, 6) is 0.575. The third-order valence-corrected chi connectivity index (χ3v) is 5.27. The molecule has 1 unspecified atom stereocenters. The zero-order chi connectivity index (χ0) is 15.0. The normalized spacial score (nSPS) is 18.7. The van der Waals surface area contributed by atoms with Crippen molar-refractivity contribution >= 4 is 44.2 Å². The molecule has 1 fully saturated rings. The van der Waals surface area contributed by atoms with Gasteiger partial charge in [-0.2, -0.15) is 0 Å². The van der Waals surface area contributed by atoms with Crippen LogP contribution in [-0.2, 0) is 11.2 Å². The second-order valence-corrected chi connectivity index (χ2v) is 6.72. The molecular weight excluding hydrogens is 350 g/mol. The van der Waals surface area contributed by atoms with Gasteiger partial charge in [0.05, 0.1) is 9.99 Å². The van der Waals surface area contributed by atoms with E-state index < -0.39 is 0 Å². The summed E-state index contributed by atoms with van der Waals surface area (Å²) in [4.78, 5) is 15.9. The first-order chi connectivity index (χ1) is 10.0. The SMILES string of the molecule is C=C1C(=O)CCC1CCc1ccc2cc(Br)c(Cl)nc2c1. The molecule has 1 saturated carbocycles. The van der Waals surface area contributed by atoms with E-state index in [1.807, 2.05) is 6.07 Å². The molecule has 0 saturated heterocycles. The van der Waals surface area contributed by atoms with Gasteiger partial charge in [0.1, 0.15) is 5.15 Å². The number of Topliss-reactive ketones (excluding diaryl/α,β-unsaturated/α-hetero) is 1. The maximum absolute atomic E-state index is 11.5. The number of ketones is 1. The first kappa shape index (κ1) is 14.7. The molecule has 0 bridgehead atoms. The molecule has 2 aromatic rings. The molecule has 0 amide bonds. The number of fused-ring (bicyclic) bond motifs is 1. The van der Waals surface area contributed by atoms with Crippen molar-refractivity contribution in [3.8, 4) is 0 Å². The van der Waals surface area contributed by atoms with Gasteiger partial charge < -0.3 is 0 Å². The fourth-order valence-electron chi connectivity index (χ4n) is 2.85. The molecule has 108 valence electrons. The molecule has 1 atom stereocenters. The number of allylic oxidation sites excluding steroid dienone is 1. The smallest absolute Gasteiger partial charge is 0.158 e. The van der Waals surface area contributed by atoms with Crippen LogP contribution < -0.4 is 0 Å². The van der Waals surface area contributed by atoms with Crippen LogP contribution in [0.4, 0.5) is 0 Å². The minimum absolute atomic E-state index is 0.233. The van der Waals surface area contributed by atoms with E-state index in [0.717, 1.165) is 40.2 Å². The largest absolute Gasteiger partial charge is 0.295 e. The predicted octanol–water partition coefficient (Wildman–Crippen LogP) is 5.12. The van der Waals surface area contributed by atoms with Crippen molar-refractivity contribution in [2.45, 2.75) is 25.7 Å². The van der Waals surface area contributed by atoms with E-state index in [-0.39, 0.29) is 5.78 Å². The molecular formula is C17H15BrClNO. The molecule has 1 aliphatic carbocycles. The highest BCUT2D eigenvalue weighted by Gasteiger charge is 2.26. The van der Waals surface area contributed by atoms with Gasteiger partial charge in [0.25, 0.3) is 0 Å². The van der Waals surface area contributed by atoms with Gasteiger partial charge in [-0.25, -0.2) is 4.98 Å². The Morgan fingerprint density at radius 1 is 1.38 bits per heavy atom. The van der Waals surface area contributed by atoms with Crippen LogP contribution in [0.1, 0.15) is 24.8 Å². The lowest BCUT2D eigenvalue weighted by Gasteiger charge is -2.10. The van der Waals surface area contributed by atoms with Crippen molar-refractivity contribution in [2.24, 2.45) is 5.92 Å². The number of aromatic nitrogens is 1. The Balaban J connectivity index is 1.77. The number of rotatable bonds is 3. The van der Waals surface area contributed by atoms with Crippen molar-refractivity contribution < 1.29 is 4.79 Å². The summed E-state index contributed by atoms with van der Waals surface area (Å²) in [5.41, 5.74) is 2.93. The van der Waals surface area contributed by atoms with Gasteiger partial charge in [-0.15, -0.1) is 0 Å². The summed E-state index contributed by atoms with van der Waals surface area (Å²) in [5, 5.41) is 1.55. The van der Waals surface area contributed by atoms with Gasteiger partial charge in [-0.3, -0.25) is 4.79 Å². The summed E-state index contributed by atoms with van der Waals surface area (Å²) in [6.45, 7) is 3.92. The van der Waals surface area contributed by atoms with Crippen molar-refractivity contribution in [1.82, 2.24) is 4.98 Å². The second-order valence-electron chi connectivity index (χ2n) is 5.51. The molecule has 3 rings (SSSR count). The molecule has 0 radical (unpaired) electrons. The average Bonchev–Trinajstić information content (AvgIpc) is 2.78. The quantitative estimate of drug-likeness (QED) is 0.559. The first-order valence-electron chi connectivity index (χ1n) is 7.01. The maximum atomic E-state index is 11.5. The van der Waals surface area contributed by atoms with Crippen molar-refractivity contribution in [2.75, 3.05) is 0 Å². The lowest BCUT2D eigenvalue weighted by atomic mass is 9.95. The Labute approximate surface area is 137 Å². The number of carbonyl (C=O) groups excluding carboxylic acids is 1. The molecule has 4 heteroatoms. The molecule has 2 nitrogen and oxygen atoms in total. The highest BCUT2D eigenvalue weighted by atomic mass is 79.9. The zero-order valence-corrected chi connectivity index (χ0v) is 13.9. The lowest BCUT2D eigenvalue weighted by molar-refractivity contribution is -0.114. The van der Waals surface area contributed by atoms with Crippen LogP contribution in [0.2, 0.25) is 5.15 Å². The van der Waals surface area contributed by atoms with Crippen molar-refractivity contribution in [3.05, 3.63) is 51.6 Å². The first-order valence-corrected chi connectivity index (χ1v) is 8.18. The zero-order valence-electron chi connectivity index (χ0n) is 11.5. The highest BCUT2D eigenvalue weighted by Crippen LogP contribution is 2.31. The Morgan fingerprint density at radius 3 is 2.90 bits per heavy atom. The summed E-state index contributed by atoms with van der Waals surface area (Å²) in [6, 6.07) is 8.23. The number of carbonyl (C=O) groups is 1. The number of benzene rings is 1. The van der Waals surface area contributed by atoms with Gasteiger partial charge in [-0.1, -0.05) is 30.3 Å². The third-order valence-electron chi connectivity index (χ3n) is 4.15. The van der Waals surface area contributed by atoms with E-state index >= 15 is 0 Å². The van der Waals surface area contributed by atoms with E-state index in [0.29, 0.717) is 17.5 Å². The van der Waals surface area contributed by atoms with Crippen LogP contribution in [0, 0.1) is 5.92 Å². The number of nitrogens with zero attached hydrogens (tertiary/aromatic N) is 1. The van der Waals surface area contributed by atoms with Crippen LogP contribution >= 0.6 is 27.5 Å². The van der Waals surface area contributed by atoms with E-state index in [9.17, 15) is 4.79 Å². The summed E-state index contributed by atoms with van der Waals surface area (Å²) >= 11 is 9.44. The molecule has 0 spiro atoms. The fraction of sp³-hybridized carbons (Fsp3) is 0.294. The molecule has 0 N–H and O–H groups in total. The van der Waals surface area contributed by atoms with E-state index in [1.54, 1.807) is 0 Å². The van der Waals surface area contributed by atoms with Crippen LogP contribution in [-0.4, -0.2) is 10.8 Å². The molecule has 1 aromatic heterocycles. The number of hydrogen-bond acceptors (Lipinski definition) is 2. The van der Waals surface area contributed by atoms with Crippen LogP contribution in [0.15, 0.2) is 40.9 Å². The van der Waals surface area contributed by atoms with Crippen molar-refractivity contribution in [3.63, 3.8) is 0 Å². The number of hydrogen-bond donors (Lipinski definition) is 0. The number of halogens is 2. The van der Waals surface area contributed by atoms with Gasteiger partial charge in [-0.05, 0) is 64.4 Å². The fourth-order valence-corrected chi connectivity index (χ4v) is 3.33. The van der Waals surface area contributed by atoms with Crippen LogP contribution in [0.3, 0.4) is 0 Å². The topological polar surface area (TPSA) is 30.0 Å². The number of pyridine rings is 1. The number of aryl methyl sites for hydroxylation is 1. The molecule has 0 aliphatic heterocycles. The Kier molecular flexibility index (Phi) is 4.14. The van der Waals surface area contributed by atoms with Crippen molar-refractivity contribution in [1.29, 1.82) is 0 Å². The monoisotopic (exact) mass is 363 g/mol. The van der Waals surface area contributed by atoms with E-state index in [1.165, 1.54) is 5.56 Å². The second kappa shape index (κ2) is 5.90. The average molecular weight is 365 g/mol. The third kappa shape index (κ3) is 3.04. The van der Waals surface area contributed by atoms with Gasteiger partial charge in [0.15, 0.2) is 5.78 Å².